The van der Waals surface area contributed by atoms with E-state index in [1.807, 2.05) is 30.5 Å². The highest BCUT2D eigenvalue weighted by Gasteiger charge is 2.36. The highest BCUT2D eigenvalue weighted by atomic mass is 35.5. The summed E-state index contributed by atoms with van der Waals surface area (Å²) in [5.74, 6) is -1.73. The number of nitrogens with one attached hydrogen (secondary N) is 1. The van der Waals surface area contributed by atoms with Gasteiger partial charge < -0.3 is 15.0 Å². The molecule has 1 N–H and O–H groups in total. The van der Waals surface area contributed by atoms with Crippen LogP contribution in [0, 0.1) is 5.92 Å². The number of rotatable bonds is 6. The minimum absolute atomic E-state index is 0.0706. The van der Waals surface area contributed by atoms with Crippen molar-refractivity contribution in [3.63, 3.8) is 0 Å². The minimum atomic E-state index is -0.589. The van der Waals surface area contributed by atoms with Gasteiger partial charge >= 0.3 is 5.97 Å². The summed E-state index contributed by atoms with van der Waals surface area (Å²) < 4.78 is 5.10. The molecule has 0 radical (unpaired) electrons. The van der Waals surface area contributed by atoms with E-state index in [1.165, 1.54) is 0 Å². The lowest BCUT2D eigenvalue weighted by Crippen LogP contribution is -2.28. The van der Waals surface area contributed by atoms with Gasteiger partial charge in [0.15, 0.2) is 6.61 Å². The number of hydrogen-bond acceptors (Lipinski definition) is 5. The second kappa shape index (κ2) is 9.12. The summed E-state index contributed by atoms with van der Waals surface area (Å²) in [7, 11) is 0. The summed E-state index contributed by atoms with van der Waals surface area (Å²) in [6.07, 6.45) is 2.03. The molecule has 1 saturated heterocycles. The Morgan fingerprint density at radius 3 is 2.71 bits per heavy atom. The number of carbonyl (C=O) groups excluding carboxylic acids is 3. The lowest BCUT2D eigenvalue weighted by molar-refractivity contribution is -0.151. The maximum Gasteiger partial charge on any atom is 0.311 e. The highest BCUT2D eigenvalue weighted by Crippen LogP contribution is 2.28. The predicted octanol–water partition coefficient (Wildman–Crippen LogP) is 3.60. The van der Waals surface area contributed by atoms with Crippen LogP contribution in [0.1, 0.15) is 6.42 Å². The molecule has 3 rings (SSSR count). The van der Waals surface area contributed by atoms with Crippen LogP contribution in [0.4, 0.5) is 11.4 Å². The first-order valence-electron chi connectivity index (χ1n) is 8.62. The van der Waals surface area contributed by atoms with Crippen molar-refractivity contribution >= 4 is 52.5 Å². The molecule has 6 nitrogen and oxygen atoms in total. The van der Waals surface area contributed by atoms with Gasteiger partial charge in [-0.3, -0.25) is 14.4 Å². The number of hydrogen-bond donors (Lipinski definition) is 1. The number of thioether (sulfide) groups is 1. The third kappa shape index (κ3) is 5.05. The van der Waals surface area contributed by atoms with Crippen LogP contribution >= 0.6 is 23.4 Å². The Balaban J connectivity index is 1.52. The molecule has 2 aromatic rings. The molecule has 0 unspecified atom stereocenters. The van der Waals surface area contributed by atoms with Crippen molar-refractivity contribution in [2.24, 2.45) is 5.92 Å². The van der Waals surface area contributed by atoms with Crippen LogP contribution in [0.15, 0.2) is 53.4 Å². The molecule has 8 heteroatoms. The zero-order valence-electron chi connectivity index (χ0n) is 15.2. The maximum atomic E-state index is 12.3. The summed E-state index contributed by atoms with van der Waals surface area (Å²) in [5.41, 5.74) is 1.31. The standard InChI is InChI=1S/C20H19ClN2O4S/c1-28-17-4-2-3-16(10-17)23-11-13(9-19(23)25)20(26)27-12-18(24)22-15-7-5-14(21)6-8-15/h2-8,10,13H,9,11-12H2,1H3,(H,22,24)/t13-/m1/s1. The topological polar surface area (TPSA) is 75.7 Å². The fraction of sp³-hybridized carbons (Fsp3) is 0.250. The third-order valence-corrected chi connectivity index (χ3v) is 5.27. The van der Waals surface area contributed by atoms with Crippen molar-refractivity contribution in [1.29, 1.82) is 0 Å². The molecule has 0 spiro atoms. The molecule has 1 fully saturated rings. The van der Waals surface area contributed by atoms with Gasteiger partial charge in [0.1, 0.15) is 0 Å². The molecule has 1 aliphatic heterocycles. The Hall–Kier alpha value is -2.51. The van der Waals surface area contributed by atoms with Gasteiger partial charge in [-0.25, -0.2) is 0 Å². The van der Waals surface area contributed by atoms with Gasteiger partial charge in [0.2, 0.25) is 5.91 Å². The van der Waals surface area contributed by atoms with Gasteiger partial charge in [-0.1, -0.05) is 17.7 Å². The lowest BCUT2D eigenvalue weighted by atomic mass is 10.1. The van der Waals surface area contributed by atoms with E-state index < -0.39 is 24.4 Å². The predicted molar refractivity (Wildman–Crippen MR) is 110 cm³/mol. The molecule has 146 valence electrons. The molecular formula is C20H19ClN2O4S. The molecule has 1 atom stereocenters. The van der Waals surface area contributed by atoms with E-state index in [-0.39, 0.29) is 18.9 Å². The van der Waals surface area contributed by atoms with E-state index in [0.717, 1.165) is 10.6 Å². The van der Waals surface area contributed by atoms with Crippen LogP contribution in [-0.4, -0.2) is 37.2 Å². The second-order valence-electron chi connectivity index (χ2n) is 6.27. The normalized spacial score (nSPS) is 16.1. The largest absolute Gasteiger partial charge is 0.455 e. The quantitative estimate of drug-likeness (QED) is 0.573. The van der Waals surface area contributed by atoms with Gasteiger partial charge in [-0.2, -0.15) is 0 Å². The van der Waals surface area contributed by atoms with E-state index >= 15 is 0 Å². The van der Waals surface area contributed by atoms with Crippen LogP contribution in [0.3, 0.4) is 0 Å². The summed E-state index contributed by atoms with van der Waals surface area (Å²) in [6.45, 7) is -0.164. The minimum Gasteiger partial charge on any atom is -0.455 e. The molecule has 2 amide bonds. The van der Waals surface area contributed by atoms with Crippen LogP contribution in [-0.2, 0) is 19.1 Å². The number of carbonyl (C=O) groups is 3. The Morgan fingerprint density at radius 2 is 2.00 bits per heavy atom. The SMILES string of the molecule is CSc1cccc(N2C[C@H](C(=O)OCC(=O)Nc3ccc(Cl)cc3)CC2=O)c1. The number of ether oxygens (including phenoxy) is 1. The number of nitrogens with zero attached hydrogens (tertiary/aromatic N) is 1. The number of benzene rings is 2. The molecule has 0 bridgehead atoms. The number of amides is 2. The summed E-state index contributed by atoms with van der Waals surface area (Å²) >= 11 is 7.38. The number of esters is 1. The van der Waals surface area contributed by atoms with Gasteiger partial charge in [-0.05, 0) is 48.7 Å². The van der Waals surface area contributed by atoms with Crippen LogP contribution in [0.2, 0.25) is 5.02 Å². The van der Waals surface area contributed by atoms with E-state index in [2.05, 4.69) is 5.32 Å². The van der Waals surface area contributed by atoms with Crippen LogP contribution in [0.25, 0.3) is 0 Å². The van der Waals surface area contributed by atoms with E-state index in [0.29, 0.717) is 10.7 Å². The third-order valence-electron chi connectivity index (χ3n) is 4.30. The fourth-order valence-corrected chi connectivity index (χ4v) is 3.46. The van der Waals surface area contributed by atoms with Crippen molar-refractivity contribution in [1.82, 2.24) is 0 Å². The van der Waals surface area contributed by atoms with Gasteiger partial charge in [0.05, 0.1) is 5.92 Å². The number of halogens is 1. The van der Waals surface area contributed by atoms with Crippen molar-refractivity contribution in [3.8, 4) is 0 Å². The summed E-state index contributed by atoms with van der Waals surface area (Å²) in [6, 6.07) is 14.2. The number of anilines is 2. The highest BCUT2D eigenvalue weighted by molar-refractivity contribution is 7.98. The molecule has 1 heterocycles. The molecule has 28 heavy (non-hydrogen) atoms. The lowest BCUT2D eigenvalue weighted by Gasteiger charge is -2.17. The van der Waals surface area contributed by atoms with Gasteiger partial charge in [-0.15, -0.1) is 11.8 Å². The maximum absolute atomic E-state index is 12.3. The summed E-state index contributed by atoms with van der Waals surface area (Å²) in [5, 5.41) is 3.17. The van der Waals surface area contributed by atoms with Crippen LogP contribution in [0.5, 0.6) is 0 Å². The first-order chi connectivity index (χ1) is 13.5. The molecule has 1 aliphatic rings. The van der Waals surface area contributed by atoms with E-state index in [9.17, 15) is 14.4 Å². The van der Waals surface area contributed by atoms with E-state index in [4.69, 9.17) is 16.3 Å². The first-order valence-corrected chi connectivity index (χ1v) is 10.2. The Morgan fingerprint density at radius 1 is 1.25 bits per heavy atom. The first kappa shape index (κ1) is 20.2. The Kier molecular flexibility index (Phi) is 6.59. The van der Waals surface area contributed by atoms with Crippen molar-refractivity contribution < 1.29 is 19.1 Å². The van der Waals surface area contributed by atoms with Crippen molar-refractivity contribution in [2.45, 2.75) is 11.3 Å². The van der Waals surface area contributed by atoms with Crippen molar-refractivity contribution in [3.05, 3.63) is 53.6 Å². The van der Waals surface area contributed by atoms with E-state index in [1.54, 1.807) is 40.9 Å². The molecule has 0 saturated carbocycles. The van der Waals surface area contributed by atoms with Crippen molar-refractivity contribution in [2.75, 3.05) is 29.6 Å². The van der Waals surface area contributed by atoms with Gasteiger partial charge in [0, 0.05) is 34.3 Å². The Labute approximate surface area is 172 Å². The zero-order valence-corrected chi connectivity index (χ0v) is 16.8. The second-order valence-corrected chi connectivity index (χ2v) is 7.59. The smallest absolute Gasteiger partial charge is 0.311 e. The monoisotopic (exact) mass is 418 g/mol. The average Bonchev–Trinajstić information content (AvgIpc) is 3.10. The average molecular weight is 419 g/mol. The zero-order chi connectivity index (χ0) is 20.1. The Bertz CT molecular complexity index is 888. The molecule has 0 aliphatic carbocycles. The molecule has 0 aromatic heterocycles. The molecule has 2 aromatic carbocycles. The van der Waals surface area contributed by atoms with Gasteiger partial charge in [0.25, 0.3) is 5.91 Å². The fourth-order valence-electron chi connectivity index (χ4n) is 2.88. The summed E-state index contributed by atoms with van der Waals surface area (Å²) in [4.78, 5) is 39.2. The van der Waals surface area contributed by atoms with Crippen LogP contribution < -0.4 is 10.2 Å². The molecular weight excluding hydrogens is 400 g/mol.